The van der Waals surface area contributed by atoms with Crippen LogP contribution in [0.2, 0.25) is 0 Å². The van der Waals surface area contributed by atoms with E-state index in [9.17, 15) is 9.90 Å². The molecule has 2 aliphatic rings. The van der Waals surface area contributed by atoms with Gasteiger partial charge in [0.2, 0.25) is 0 Å². The molecule has 0 amide bonds. The molecule has 3 rings (SSSR count). The van der Waals surface area contributed by atoms with E-state index in [1.807, 2.05) is 54.6 Å². The van der Waals surface area contributed by atoms with E-state index < -0.39 is 11.9 Å². The van der Waals surface area contributed by atoms with E-state index in [-0.39, 0.29) is 0 Å². The number of carboxylic acid groups (broad SMARTS) is 1. The number of allylic oxidation sites excluding steroid dienone is 5. The Morgan fingerprint density at radius 3 is 2.78 bits per heavy atom. The molecule has 0 aromatic heterocycles. The molecule has 1 N–H and O–H groups in total. The molecule has 0 radical (unpaired) electrons. The average molecular weight is 236 g/mol. The van der Waals surface area contributed by atoms with Gasteiger partial charge in [0, 0.05) is 0 Å². The Hall–Kier alpha value is -2.35. The number of carbonyl (C=O) groups is 1. The van der Waals surface area contributed by atoms with Crippen molar-refractivity contribution in [2.45, 2.75) is 0 Å². The largest absolute Gasteiger partial charge is 0.481 e. The molecule has 2 aliphatic carbocycles. The predicted octanol–water partition coefficient (Wildman–Crippen LogP) is 1.38. The molecular formula is C16H12O2. The topological polar surface area (TPSA) is 37.3 Å². The van der Waals surface area contributed by atoms with Crippen LogP contribution in [0.5, 0.6) is 0 Å². The number of hydrogen-bond donors (Lipinski definition) is 1. The summed E-state index contributed by atoms with van der Waals surface area (Å²) in [4.78, 5) is 11.4. The third-order valence-corrected chi connectivity index (χ3v) is 3.27. The molecule has 2 heteroatoms. The number of benzene rings is 1. The maximum atomic E-state index is 11.4. The fourth-order valence-electron chi connectivity index (χ4n) is 2.45. The number of rotatable bonds is 1. The minimum Gasteiger partial charge on any atom is -0.481 e. The van der Waals surface area contributed by atoms with Crippen LogP contribution in [0.25, 0.3) is 11.6 Å². The molecule has 18 heavy (non-hydrogen) atoms. The van der Waals surface area contributed by atoms with Crippen LogP contribution in [0.1, 0.15) is 0 Å². The van der Waals surface area contributed by atoms with Gasteiger partial charge in [-0.1, -0.05) is 60.7 Å². The second-order valence-corrected chi connectivity index (χ2v) is 4.35. The molecule has 2 nitrogen and oxygen atoms in total. The molecule has 0 spiro atoms. The minimum absolute atomic E-state index is 0.567. The first kappa shape index (κ1) is 10.8. The van der Waals surface area contributed by atoms with Gasteiger partial charge in [-0.15, -0.1) is 0 Å². The van der Waals surface area contributed by atoms with Crippen LogP contribution in [0.3, 0.4) is 0 Å². The van der Waals surface area contributed by atoms with Crippen molar-refractivity contribution in [1.29, 1.82) is 0 Å². The highest BCUT2D eigenvalue weighted by atomic mass is 16.4. The van der Waals surface area contributed by atoms with Gasteiger partial charge in [0.05, 0.1) is 0 Å². The van der Waals surface area contributed by atoms with Gasteiger partial charge in [-0.25, -0.2) is 0 Å². The molecule has 88 valence electrons. The Morgan fingerprint density at radius 2 is 1.94 bits per heavy atom. The van der Waals surface area contributed by atoms with Gasteiger partial charge in [0.25, 0.3) is 0 Å². The van der Waals surface area contributed by atoms with Gasteiger partial charge < -0.3 is 5.11 Å². The third kappa shape index (κ3) is 1.63. The maximum Gasteiger partial charge on any atom is 0.314 e. The number of hydrogen-bond acceptors (Lipinski definition) is 1. The fourth-order valence-corrected chi connectivity index (χ4v) is 2.45. The first-order chi connectivity index (χ1) is 8.77. The van der Waals surface area contributed by atoms with Crippen molar-refractivity contribution in [2.75, 3.05) is 0 Å². The summed E-state index contributed by atoms with van der Waals surface area (Å²) in [5.41, 5.74) is 1.86. The maximum absolute atomic E-state index is 11.4. The van der Waals surface area contributed by atoms with Crippen molar-refractivity contribution in [3.63, 3.8) is 0 Å². The quantitative estimate of drug-likeness (QED) is 0.800. The molecule has 1 atom stereocenters. The zero-order valence-corrected chi connectivity index (χ0v) is 9.71. The Bertz CT molecular complexity index is 718. The molecule has 0 saturated heterocycles. The second-order valence-electron chi connectivity index (χ2n) is 4.35. The highest BCUT2D eigenvalue weighted by Crippen LogP contribution is 2.27. The molecular weight excluding hydrogens is 224 g/mol. The van der Waals surface area contributed by atoms with E-state index in [0.717, 1.165) is 21.6 Å². The van der Waals surface area contributed by atoms with Gasteiger partial charge >= 0.3 is 5.97 Å². The van der Waals surface area contributed by atoms with Crippen molar-refractivity contribution in [3.8, 4) is 0 Å². The summed E-state index contributed by atoms with van der Waals surface area (Å²) < 4.78 is 0. The van der Waals surface area contributed by atoms with Gasteiger partial charge in [0.1, 0.15) is 5.92 Å². The summed E-state index contributed by atoms with van der Waals surface area (Å²) in [6.45, 7) is 0. The van der Waals surface area contributed by atoms with Gasteiger partial charge in [-0.2, -0.15) is 0 Å². The summed E-state index contributed by atoms with van der Waals surface area (Å²) >= 11 is 0. The van der Waals surface area contributed by atoms with Crippen LogP contribution in [0.4, 0.5) is 0 Å². The summed E-state index contributed by atoms with van der Waals surface area (Å²) in [7, 11) is 0. The molecule has 1 unspecified atom stereocenters. The zero-order valence-electron chi connectivity index (χ0n) is 9.71. The average Bonchev–Trinajstić information content (AvgIpc) is 2.57. The van der Waals surface area contributed by atoms with E-state index >= 15 is 0 Å². The zero-order chi connectivity index (χ0) is 12.5. The Morgan fingerprint density at radius 1 is 1.11 bits per heavy atom. The van der Waals surface area contributed by atoms with Crippen LogP contribution in [0.15, 0.2) is 60.2 Å². The van der Waals surface area contributed by atoms with Crippen molar-refractivity contribution in [1.82, 2.24) is 0 Å². The number of fused-ring (bicyclic) bond motifs is 2. The third-order valence-electron chi connectivity index (χ3n) is 3.27. The smallest absolute Gasteiger partial charge is 0.314 e. The number of aliphatic carboxylic acids is 1. The van der Waals surface area contributed by atoms with Gasteiger partial charge in [-0.05, 0) is 21.6 Å². The van der Waals surface area contributed by atoms with E-state index in [2.05, 4.69) is 0 Å². The second kappa shape index (κ2) is 4.15. The van der Waals surface area contributed by atoms with Crippen molar-refractivity contribution in [3.05, 3.63) is 70.7 Å². The van der Waals surface area contributed by atoms with Crippen molar-refractivity contribution < 1.29 is 9.90 Å². The van der Waals surface area contributed by atoms with Crippen LogP contribution in [-0.4, -0.2) is 11.1 Å². The van der Waals surface area contributed by atoms with E-state index in [1.165, 1.54) is 0 Å². The molecule has 0 bridgehead atoms. The Labute approximate surface area is 105 Å². The molecule has 0 fully saturated rings. The van der Waals surface area contributed by atoms with Crippen LogP contribution >= 0.6 is 0 Å². The molecule has 1 aromatic rings. The summed E-state index contributed by atoms with van der Waals surface area (Å²) in [6.07, 6.45) is 11.5. The van der Waals surface area contributed by atoms with Gasteiger partial charge in [0.15, 0.2) is 0 Å². The summed E-state index contributed by atoms with van der Waals surface area (Å²) in [5, 5.41) is 11.4. The summed E-state index contributed by atoms with van der Waals surface area (Å²) in [5.74, 6) is -1.38. The fraction of sp³-hybridized carbons (Fsp3) is 0.0625. The highest BCUT2D eigenvalue weighted by Gasteiger charge is 2.24. The van der Waals surface area contributed by atoms with Gasteiger partial charge in [-0.3, -0.25) is 4.79 Å². The van der Waals surface area contributed by atoms with Crippen LogP contribution in [-0.2, 0) is 4.79 Å². The Balaban J connectivity index is 2.42. The first-order valence-electron chi connectivity index (χ1n) is 5.87. The normalized spacial score (nSPS) is 20.3. The van der Waals surface area contributed by atoms with Crippen LogP contribution in [0, 0.1) is 5.92 Å². The lowest BCUT2D eigenvalue weighted by Gasteiger charge is -2.17. The predicted molar refractivity (Wildman–Crippen MR) is 71.1 cm³/mol. The summed E-state index contributed by atoms with van der Waals surface area (Å²) in [6, 6.07) is 7.90. The highest BCUT2D eigenvalue weighted by molar-refractivity contribution is 5.92. The standard InChI is InChI=1S/C16H12O2/c17-16(18)14-10-4-8-12-7-3-6-11-5-1-2-9-13(11)15(12)14/h1-10,14H,(H,17,18). The molecule has 0 aliphatic heterocycles. The molecule has 1 aromatic carbocycles. The lowest BCUT2D eigenvalue weighted by molar-refractivity contribution is -0.138. The lowest BCUT2D eigenvalue weighted by atomic mass is 9.86. The van der Waals surface area contributed by atoms with E-state index in [0.29, 0.717) is 0 Å². The lowest BCUT2D eigenvalue weighted by Crippen LogP contribution is -2.31. The SMILES string of the molecule is O=C(O)C1C=CC=C2C=CC=c3ccccc3=C21. The minimum atomic E-state index is -0.808. The van der Waals surface area contributed by atoms with E-state index in [4.69, 9.17) is 0 Å². The van der Waals surface area contributed by atoms with Crippen LogP contribution < -0.4 is 10.4 Å². The van der Waals surface area contributed by atoms with Crippen molar-refractivity contribution in [2.24, 2.45) is 5.92 Å². The molecule has 0 saturated carbocycles. The van der Waals surface area contributed by atoms with Crippen molar-refractivity contribution >= 4 is 17.6 Å². The first-order valence-corrected chi connectivity index (χ1v) is 5.87. The number of carboxylic acids is 1. The molecule has 0 heterocycles. The Kier molecular flexibility index (Phi) is 2.49. The van der Waals surface area contributed by atoms with E-state index in [1.54, 1.807) is 6.08 Å². The monoisotopic (exact) mass is 236 g/mol.